The fourth-order valence-electron chi connectivity index (χ4n) is 1.15. The summed E-state index contributed by atoms with van der Waals surface area (Å²) >= 11 is 6.48. The molecule has 0 spiro atoms. The van der Waals surface area contributed by atoms with E-state index in [2.05, 4.69) is 47.4 Å². The summed E-state index contributed by atoms with van der Waals surface area (Å²) < 4.78 is 6.62. The van der Waals surface area contributed by atoms with Crippen LogP contribution in [-0.2, 0) is 0 Å². The number of hydrazone groups is 1. The lowest BCUT2D eigenvalue weighted by molar-refractivity contribution is 0.0955. The minimum absolute atomic E-state index is 0.307. The molecule has 0 unspecified atom stereocenters. The maximum Gasteiger partial charge on any atom is 0.271 e. The van der Waals surface area contributed by atoms with Crippen LogP contribution in [0.2, 0.25) is 0 Å². The van der Waals surface area contributed by atoms with Crippen molar-refractivity contribution in [2.75, 3.05) is 0 Å². The number of halogens is 2. The van der Waals surface area contributed by atoms with Gasteiger partial charge in [-0.2, -0.15) is 5.10 Å². The highest BCUT2D eigenvalue weighted by Gasteiger charge is 2.04. The van der Waals surface area contributed by atoms with Crippen LogP contribution in [0.1, 0.15) is 16.1 Å². The second kappa shape index (κ2) is 5.92. The number of rotatable bonds is 3. The molecular formula is C11H7Br2N3O2. The maximum atomic E-state index is 11.6. The Balaban J connectivity index is 1.98. The fraction of sp³-hybridized carbons (Fsp3) is 0. The molecule has 18 heavy (non-hydrogen) atoms. The van der Waals surface area contributed by atoms with Crippen LogP contribution in [0.4, 0.5) is 0 Å². The van der Waals surface area contributed by atoms with E-state index in [1.54, 1.807) is 30.6 Å². The molecule has 1 amide bonds. The SMILES string of the molecule is O=C(N/N=C/c1cc(Br)c(Br)o1)c1ccncc1. The van der Waals surface area contributed by atoms with Crippen LogP contribution in [-0.4, -0.2) is 17.1 Å². The van der Waals surface area contributed by atoms with Gasteiger partial charge in [0.2, 0.25) is 0 Å². The largest absolute Gasteiger partial charge is 0.447 e. The normalized spacial score (nSPS) is 10.8. The molecule has 0 bridgehead atoms. The zero-order chi connectivity index (χ0) is 13.0. The Hall–Kier alpha value is -1.47. The van der Waals surface area contributed by atoms with Gasteiger partial charge in [0.1, 0.15) is 5.76 Å². The van der Waals surface area contributed by atoms with Crippen molar-refractivity contribution in [1.29, 1.82) is 0 Å². The van der Waals surface area contributed by atoms with Crippen LogP contribution in [0, 0.1) is 0 Å². The zero-order valence-electron chi connectivity index (χ0n) is 8.93. The molecule has 0 saturated heterocycles. The van der Waals surface area contributed by atoms with Crippen LogP contribution in [0.3, 0.4) is 0 Å². The number of carbonyl (C=O) groups is 1. The molecule has 0 atom stereocenters. The van der Waals surface area contributed by atoms with Gasteiger partial charge in [0, 0.05) is 24.0 Å². The van der Waals surface area contributed by atoms with E-state index in [1.807, 2.05) is 0 Å². The van der Waals surface area contributed by atoms with Crippen molar-refractivity contribution in [2.24, 2.45) is 5.10 Å². The van der Waals surface area contributed by atoms with Gasteiger partial charge < -0.3 is 4.42 Å². The first-order valence-electron chi connectivity index (χ1n) is 4.85. The van der Waals surface area contributed by atoms with Crippen molar-refractivity contribution in [3.63, 3.8) is 0 Å². The lowest BCUT2D eigenvalue weighted by Gasteiger charge is -1.97. The number of nitrogens with one attached hydrogen (secondary N) is 1. The number of hydrogen-bond donors (Lipinski definition) is 1. The molecule has 0 radical (unpaired) electrons. The Labute approximate surface area is 120 Å². The summed E-state index contributed by atoms with van der Waals surface area (Å²) in [5.41, 5.74) is 2.88. The van der Waals surface area contributed by atoms with Crippen molar-refractivity contribution in [3.8, 4) is 0 Å². The van der Waals surface area contributed by atoms with Gasteiger partial charge in [0.15, 0.2) is 4.67 Å². The third kappa shape index (κ3) is 3.27. The van der Waals surface area contributed by atoms with E-state index in [4.69, 9.17) is 4.42 Å². The minimum Gasteiger partial charge on any atom is -0.447 e. The summed E-state index contributed by atoms with van der Waals surface area (Å²) in [4.78, 5) is 15.4. The molecule has 2 aromatic heterocycles. The second-order valence-corrected chi connectivity index (χ2v) is 4.78. The van der Waals surface area contributed by atoms with Crippen molar-refractivity contribution in [1.82, 2.24) is 10.4 Å². The summed E-state index contributed by atoms with van der Waals surface area (Å²) in [5, 5.41) is 3.79. The average Bonchev–Trinajstić information content (AvgIpc) is 2.69. The first kappa shape index (κ1) is 13.0. The molecule has 0 aliphatic rings. The van der Waals surface area contributed by atoms with E-state index in [1.165, 1.54) is 6.21 Å². The first-order valence-corrected chi connectivity index (χ1v) is 6.43. The average molecular weight is 373 g/mol. The lowest BCUT2D eigenvalue weighted by atomic mass is 10.3. The minimum atomic E-state index is -0.307. The van der Waals surface area contributed by atoms with Gasteiger partial charge in [-0.25, -0.2) is 5.43 Å². The fourth-order valence-corrected chi connectivity index (χ4v) is 1.76. The van der Waals surface area contributed by atoms with Crippen molar-refractivity contribution >= 4 is 44.0 Å². The topological polar surface area (TPSA) is 67.5 Å². The van der Waals surface area contributed by atoms with E-state index >= 15 is 0 Å². The molecule has 2 rings (SSSR count). The standard InChI is InChI=1S/C11H7Br2N3O2/c12-9-5-8(18-10(9)13)6-15-16-11(17)7-1-3-14-4-2-7/h1-6H,(H,16,17)/b15-6+. The van der Waals surface area contributed by atoms with E-state index in [9.17, 15) is 4.79 Å². The lowest BCUT2D eigenvalue weighted by Crippen LogP contribution is -2.17. The molecule has 0 aliphatic carbocycles. The zero-order valence-corrected chi connectivity index (χ0v) is 12.1. The molecule has 2 heterocycles. The molecule has 1 N–H and O–H groups in total. The van der Waals surface area contributed by atoms with Crippen LogP contribution < -0.4 is 5.43 Å². The van der Waals surface area contributed by atoms with Crippen molar-refractivity contribution in [3.05, 3.63) is 51.1 Å². The molecule has 5 nitrogen and oxygen atoms in total. The Kier molecular flexibility index (Phi) is 4.27. The van der Waals surface area contributed by atoms with Crippen LogP contribution in [0.15, 0.2) is 49.3 Å². The summed E-state index contributed by atoms with van der Waals surface area (Å²) in [5.74, 6) is 0.210. The predicted octanol–water partition coefficient (Wildman–Crippen LogP) is 2.96. The summed E-state index contributed by atoms with van der Waals surface area (Å²) in [6.07, 6.45) is 4.49. The van der Waals surface area contributed by atoms with Gasteiger partial charge in [0.05, 0.1) is 10.7 Å². The summed E-state index contributed by atoms with van der Waals surface area (Å²) in [7, 11) is 0. The summed E-state index contributed by atoms with van der Waals surface area (Å²) in [6.45, 7) is 0. The van der Waals surface area contributed by atoms with Crippen molar-refractivity contribution < 1.29 is 9.21 Å². The quantitative estimate of drug-likeness (QED) is 0.665. The molecule has 0 aromatic carbocycles. The number of hydrogen-bond acceptors (Lipinski definition) is 4. The van der Waals surface area contributed by atoms with Gasteiger partial charge in [-0.15, -0.1) is 0 Å². The number of pyridine rings is 1. The molecule has 2 aromatic rings. The Morgan fingerprint density at radius 2 is 2.11 bits per heavy atom. The predicted molar refractivity (Wildman–Crippen MR) is 73.4 cm³/mol. The van der Waals surface area contributed by atoms with Gasteiger partial charge in [0.25, 0.3) is 5.91 Å². The van der Waals surface area contributed by atoms with Gasteiger partial charge in [-0.3, -0.25) is 9.78 Å². The second-order valence-electron chi connectivity index (χ2n) is 3.21. The number of aromatic nitrogens is 1. The number of carbonyl (C=O) groups excluding carboxylic acids is 1. The van der Waals surface area contributed by atoms with Crippen LogP contribution in [0.5, 0.6) is 0 Å². The molecule has 0 saturated carbocycles. The van der Waals surface area contributed by atoms with Gasteiger partial charge in [-0.1, -0.05) is 0 Å². The van der Waals surface area contributed by atoms with Crippen LogP contribution in [0.25, 0.3) is 0 Å². The maximum absolute atomic E-state index is 11.6. The molecule has 0 aliphatic heterocycles. The van der Waals surface area contributed by atoms with E-state index in [0.29, 0.717) is 16.0 Å². The van der Waals surface area contributed by atoms with E-state index in [0.717, 1.165) is 4.47 Å². The van der Waals surface area contributed by atoms with E-state index < -0.39 is 0 Å². The molecule has 0 fully saturated rings. The smallest absolute Gasteiger partial charge is 0.271 e. The summed E-state index contributed by atoms with van der Waals surface area (Å²) in [6, 6.07) is 4.93. The van der Waals surface area contributed by atoms with Gasteiger partial charge in [-0.05, 0) is 44.0 Å². The molecular weight excluding hydrogens is 366 g/mol. The Morgan fingerprint density at radius 1 is 1.39 bits per heavy atom. The molecule has 7 heteroatoms. The third-order valence-corrected chi connectivity index (χ3v) is 3.67. The monoisotopic (exact) mass is 371 g/mol. The number of amides is 1. The highest BCUT2D eigenvalue weighted by molar-refractivity contribution is 9.13. The highest BCUT2D eigenvalue weighted by Crippen LogP contribution is 2.25. The van der Waals surface area contributed by atoms with E-state index in [-0.39, 0.29) is 5.91 Å². The first-order chi connectivity index (χ1) is 8.66. The molecule has 92 valence electrons. The highest BCUT2D eigenvalue weighted by atomic mass is 79.9. The number of furan rings is 1. The Bertz CT molecular complexity index is 562. The Morgan fingerprint density at radius 3 is 2.72 bits per heavy atom. The van der Waals surface area contributed by atoms with Crippen LogP contribution >= 0.6 is 31.9 Å². The third-order valence-electron chi connectivity index (χ3n) is 1.96. The van der Waals surface area contributed by atoms with Crippen molar-refractivity contribution in [2.45, 2.75) is 0 Å². The van der Waals surface area contributed by atoms with Gasteiger partial charge >= 0.3 is 0 Å². The number of nitrogens with zero attached hydrogens (tertiary/aromatic N) is 2.